The Balaban J connectivity index is 1.95. The van der Waals surface area contributed by atoms with Crippen molar-refractivity contribution in [2.45, 2.75) is 37.1 Å². The molecule has 0 saturated carbocycles. The van der Waals surface area contributed by atoms with Crippen LogP contribution in [0, 0.1) is 0 Å². The van der Waals surface area contributed by atoms with Gasteiger partial charge in [-0.15, -0.1) is 0 Å². The molecule has 1 heterocycles. The van der Waals surface area contributed by atoms with Crippen LogP contribution in [0.5, 0.6) is 5.75 Å². The van der Waals surface area contributed by atoms with E-state index in [2.05, 4.69) is 5.32 Å². The third kappa shape index (κ3) is 4.14. The van der Waals surface area contributed by atoms with Crippen LogP contribution in [-0.2, 0) is 10.0 Å². The number of piperidine rings is 1. The first kappa shape index (κ1) is 19.4. The van der Waals surface area contributed by atoms with E-state index in [9.17, 15) is 13.2 Å². The number of benzene rings is 2. The zero-order valence-corrected chi connectivity index (χ0v) is 16.3. The van der Waals surface area contributed by atoms with E-state index in [1.807, 2.05) is 25.1 Å². The summed E-state index contributed by atoms with van der Waals surface area (Å²) in [5.74, 6) is -0.129. The molecule has 6 nitrogen and oxygen atoms in total. The van der Waals surface area contributed by atoms with Crippen LogP contribution in [0.2, 0.25) is 0 Å². The average molecular weight is 388 g/mol. The van der Waals surface area contributed by atoms with E-state index in [1.54, 1.807) is 18.2 Å². The molecule has 2 aromatic carbocycles. The van der Waals surface area contributed by atoms with Crippen molar-refractivity contribution in [3.63, 3.8) is 0 Å². The molecule has 0 radical (unpaired) electrons. The molecule has 27 heavy (non-hydrogen) atoms. The first-order chi connectivity index (χ1) is 12.9. The van der Waals surface area contributed by atoms with Gasteiger partial charge in [-0.1, -0.05) is 24.6 Å². The van der Waals surface area contributed by atoms with Crippen LogP contribution in [0.15, 0.2) is 53.4 Å². The molecule has 2 aromatic rings. The van der Waals surface area contributed by atoms with Crippen molar-refractivity contribution in [2.75, 3.05) is 19.0 Å². The van der Waals surface area contributed by atoms with Crippen LogP contribution in [0.4, 0.5) is 5.69 Å². The lowest BCUT2D eigenvalue weighted by Crippen LogP contribution is -2.42. The number of sulfonamides is 1. The molecule has 1 aliphatic rings. The van der Waals surface area contributed by atoms with Gasteiger partial charge < -0.3 is 10.1 Å². The zero-order chi connectivity index (χ0) is 19.4. The maximum absolute atomic E-state index is 13.2. The highest BCUT2D eigenvalue weighted by Gasteiger charge is 2.33. The number of carbonyl (C=O) groups excluding carboxylic acids is 1. The Hall–Kier alpha value is -2.38. The predicted molar refractivity (Wildman–Crippen MR) is 105 cm³/mol. The molecule has 0 unspecified atom stereocenters. The molecule has 0 bridgehead atoms. The third-order valence-electron chi connectivity index (χ3n) is 4.79. The van der Waals surface area contributed by atoms with Gasteiger partial charge in [0.15, 0.2) is 0 Å². The topological polar surface area (TPSA) is 75.7 Å². The van der Waals surface area contributed by atoms with Gasteiger partial charge in [0.1, 0.15) is 10.6 Å². The lowest BCUT2D eigenvalue weighted by atomic mass is 10.1. The Bertz CT molecular complexity index is 913. The quantitative estimate of drug-likeness (QED) is 0.850. The molecule has 1 aliphatic heterocycles. The number of hydrogen-bond donors (Lipinski definition) is 1. The summed E-state index contributed by atoms with van der Waals surface area (Å²) in [6.45, 7) is 2.39. The molecule has 0 aromatic heterocycles. The smallest absolute Gasteiger partial charge is 0.255 e. The number of nitrogens with zero attached hydrogens (tertiary/aromatic N) is 1. The number of rotatable bonds is 5. The summed E-state index contributed by atoms with van der Waals surface area (Å²) in [4.78, 5) is 12.6. The fourth-order valence-electron chi connectivity index (χ4n) is 3.30. The van der Waals surface area contributed by atoms with Crippen molar-refractivity contribution >= 4 is 21.6 Å². The second-order valence-corrected chi connectivity index (χ2v) is 8.51. The summed E-state index contributed by atoms with van der Waals surface area (Å²) in [5, 5.41) is 2.77. The van der Waals surface area contributed by atoms with E-state index in [0.29, 0.717) is 12.2 Å². The Kier molecular flexibility index (Phi) is 5.82. The van der Waals surface area contributed by atoms with Crippen molar-refractivity contribution < 1.29 is 17.9 Å². The monoisotopic (exact) mass is 388 g/mol. The number of carbonyl (C=O) groups is 1. The lowest BCUT2D eigenvalue weighted by molar-refractivity contribution is 0.102. The van der Waals surface area contributed by atoms with Gasteiger partial charge in [-0.3, -0.25) is 4.79 Å². The van der Waals surface area contributed by atoms with E-state index in [4.69, 9.17) is 4.74 Å². The Morgan fingerprint density at radius 2 is 1.89 bits per heavy atom. The zero-order valence-electron chi connectivity index (χ0n) is 15.5. The van der Waals surface area contributed by atoms with Crippen molar-refractivity contribution in [1.29, 1.82) is 0 Å². The molecule has 144 valence electrons. The molecule has 1 amide bonds. The van der Waals surface area contributed by atoms with Gasteiger partial charge in [0.25, 0.3) is 5.91 Å². The minimum Gasteiger partial charge on any atom is -0.495 e. The standard InChI is InChI=1S/C20H24N2O4S/c1-15-8-6-7-13-22(15)27(24,25)19-14-16(11-12-18(19)26-2)20(23)21-17-9-4-3-5-10-17/h3-5,9-12,14-15H,6-8,13H2,1-2H3,(H,21,23)/t15-/m1/s1. The Morgan fingerprint density at radius 1 is 1.15 bits per heavy atom. The fraction of sp³-hybridized carbons (Fsp3) is 0.350. The summed E-state index contributed by atoms with van der Waals surface area (Å²) < 4.78 is 33.2. The first-order valence-corrected chi connectivity index (χ1v) is 10.4. The largest absolute Gasteiger partial charge is 0.495 e. The van der Waals surface area contributed by atoms with Crippen LogP contribution in [0.3, 0.4) is 0 Å². The highest BCUT2D eigenvalue weighted by atomic mass is 32.2. The Morgan fingerprint density at radius 3 is 2.56 bits per heavy atom. The highest BCUT2D eigenvalue weighted by Crippen LogP contribution is 2.31. The summed E-state index contributed by atoms with van der Waals surface area (Å²) in [7, 11) is -2.33. The highest BCUT2D eigenvalue weighted by molar-refractivity contribution is 7.89. The van der Waals surface area contributed by atoms with Gasteiger partial charge in [0, 0.05) is 23.8 Å². The third-order valence-corrected chi connectivity index (χ3v) is 6.82. The molecule has 1 saturated heterocycles. The van der Waals surface area contributed by atoms with Gasteiger partial charge in [-0.25, -0.2) is 8.42 Å². The number of amides is 1. The molecule has 3 rings (SSSR count). The van der Waals surface area contributed by atoms with E-state index >= 15 is 0 Å². The summed E-state index contributed by atoms with van der Waals surface area (Å²) in [6.07, 6.45) is 2.68. The maximum atomic E-state index is 13.2. The number of methoxy groups -OCH3 is 1. The SMILES string of the molecule is COc1ccc(C(=O)Nc2ccccc2)cc1S(=O)(=O)N1CCCC[C@H]1C. The van der Waals surface area contributed by atoms with Gasteiger partial charge in [-0.2, -0.15) is 4.31 Å². The van der Waals surface area contributed by atoms with Crippen molar-refractivity contribution in [1.82, 2.24) is 4.31 Å². The maximum Gasteiger partial charge on any atom is 0.255 e. The first-order valence-electron chi connectivity index (χ1n) is 9.00. The summed E-state index contributed by atoms with van der Waals surface area (Å²) in [6, 6.07) is 13.4. The van der Waals surface area contributed by atoms with E-state index in [-0.39, 0.29) is 28.2 Å². The molecule has 0 spiro atoms. The van der Waals surface area contributed by atoms with Crippen LogP contribution in [0.1, 0.15) is 36.5 Å². The van der Waals surface area contributed by atoms with Crippen LogP contribution < -0.4 is 10.1 Å². The van der Waals surface area contributed by atoms with Crippen LogP contribution >= 0.6 is 0 Å². The van der Waals surface area contributed by atoms with Gasteiger partial charge in [-0.05, 0) is 50.1 Å². The van der Waals surface area contributed by atoms with Crippen LogP contribution in [-0.4, -0.2) is 38.3 Å². The molecular weight excluding hydrogens is 364 g/mol. The summed E-state index contributed by atoms with van der Waals surface area (Å²) >= 11 is 0. The molecule has 1 atom stereocenters. The Labute approximate surface area is 160 Å². The number of anilines is 1. The van der Waals surface area contributed by atoms with Crippen molar-refractivity contribution in [3.8, 4) is 5.75 Å². The van der Waals surface area contributed by atoms with Crippen molar-refractivity contribution in [2.24, 2.45) is 0 Å². The van der Waals surface area contributed by atoms with Gasteiger partial charge >= 0.3 is 0 Å². The molecule has 1 fully saturated rings. The molecule has 0 aliphatic carbocycles. The van der Waals surface area contributed by atoms with Crippen molar-refractivity contribution in [3.05, 3.63) is 54.1 Å². The van der Waals surface area contributed by atoms with Crippen LogP contribution in [0.25, 0.3) is 0 Å². The van der Waals surface area contributed by atoms with E-state index < -0.39 is 10.0 Å². The minimum atomic E-state index is -3.75. The second-order valence-electron chi connectivity index (χ2n) is 6.65. The summed E-state index contributed by atoms with van der Waals surface area (Å²) in [5.41, 5.74) is 0.912. The second kappa shape index (κ2) is 8.10. The molecule has 7 heteroatoms. The average Bonchev–Trinajstić information content (AvgIpc) is 2.68. The fourth-order valence-corrected chi connectivity index (χ4v) is 5.18. The molecule has 1 N–H and O–H groups in total. The van der Waals surface area contributed by atoms with E-state index in [0.717, 1.165) is 19.3 Å². The number of para-hydroxylation sites is 1. The normalized spacial score (nSPS) is 18.1. The lowest BCUT2D eigenvalue weighted by Gasteiger charge is -2.32. The van der Waals surface area contributed by atoms with Gasteiger partial charge in [0.2, 0.25) is 10.0 Å². The van der Waals surface area contributed by atoms with Gasteiger partial charge in [0.05, 0.1) is 7.11 Å². The number of ether oxygens (including phenoxy) is 1. The minimum absolute atomic E-state index is 0.0273. The number of hydrogen-bond acceptors (Lipinski definition) is 4. The molecular formula is C20H24N2O4S. The predicted octanol–water partition coefficient (Wildman–Crippen LogP) is 3.51. The van der Waals surface area contributed by atoms with E-state index in [1.165, 1.54) is 23.5 Å². The number of nitrogens with one attached hydrogen (secondary N) is 1.